The highest BCUT2D eigenvalue weighted by atomic mass is 35.5. The van der Waals surface area contributed by atoms with E-state index in [4.69, 9.17) is 16.7 Å². The van der Waals surface area contributed by atoms with Gasteiger partial charge in [-0.2, -0.15) is 0 Å². The maximum atomic E-state index is 13.8. The molecule has 1 N–H and O–H groups in total. The highest BCUT2D eigenvalue weighted by Gasteiger charge is 2.15. The Morgan fingerprint density at radius 3 is 2.57 bits per heavy atom. The lowest BCUT2D eigenvalue weighted by molar-refractivity contribution is -0.129. The molecule has 2 aromatic rings. The van der Waals surface area contributed by atoms with Crippen LogP contribution in [-0.4, -0.2) is 28.9 Å². The zero-order chi connectivity index (χ0) is 17.0. The Hall–Kier alpha value is -2.40. The summed E-state index contributed by atoms with van der Waals surface area (Å²) in [5.41, 5.74) is 0.959. The molecule has 0 heterocycles. The molecule has 6 heteroatoms. The first-order chi connectivity index (χ1) is 10.9. The van der Waals surface area contributed by atoms with Gasteiger partial charge < -0.3 is 10.0 Å². The summed E-state index contributed by atoms with van der Waals surface area (Å²) in [6.45, 7) is 0.0446. The topological polar surface area (TPSA) is 57.6 Å². The molecule has 0 fully saturated rings. The van der Waals surface area contributed by atoms with E-state index in [9.17, 15) is 14.0 Å². The molecule has 23 heavy (non-hydrogen) atoms. The van der Waals surface area contributed by atoms with Crippen molar-refractivity contribution in [3.63, 3.8) is 0 Å². The quantitative estimate of drug-likeness (QED) is 0.911. The van der Waals surface area contributed by atoms with Gasteiger partial charge in [-0.1, -0.05) is 29.8 Å². The molecular weight excluding hydrogens is 321 g/mol. The minimum absolute atomic E-state index is 0.0314. The van der Waals surface area contributed by atoms with E-state index in [1.165, 1.54) is 29.2 Å². The minimum Gasteiger partial charge on any atom is -0.478 e. The van der Waals surface area contributed by atoms with Gasteiger partial charge in [0.1, 0.15) is 5.82 Å². The number of rotatable bonds is 5. The number of hydrogen-bond donors (Lipinski definition) is 1. The summed E-state index contributed by atoms with van der Waals surface area (Å²) >= 11 is 5.95. The van der Waals surface area contributed by atoms with Crippen LogP contribution in [0, 0.1) is 5.82 Å². The summed E-state index contributed by atoms with van der Waals surface area (Å²) in [5, 5.41) is 9.22. The standard InChI is InChI=1S/C17H15ClFNO3/c1-20(10-13-14(18)6-3-7-15(13)19)16(21)9-11-4-2-5-12(8-11)17(22)23/h2-8H,9-10H2,1H3,(H,22,23). The first-order valence-corrected chi connectivity index (χ1v) is 7.25. The van der Waals surface area contributed by atoms with Crippen molar-refractivity contribution in [2.75, 3.05) is 7.05 Å². The van der Waals surface area contributed by atoms with Gasteiger partial charge in [0, 0.05) is 24.2 Å². The van der Waals surface area contributed by atoms with Crippen molar-refractivity contribution in [2.45, 2.75) is 13.0 Å². The molecule has 0 aromatic heterocycles. The summed E-state index contributed by atoms with van der Waals surface area (Å²) < 4.78 is 13.8. The van der Waals surface area contributed by atoms with Crippen LogP contribution in [0.3, 0.4) is 0 Å². The first-order valence-electron chi connectivity index (χ1n) is 6.87. The van der Waals surface area contributed by atoms with Gasteiger partial charge >= 0.3 is 5.97 Å². The number of carboxylic acids is 1. The Bertz CT molecular complexity index is 728. The maximum Gasteiger partial charge on any atom is 0.335 e. The molecule has 0 saturated heterocycles. The lowest BCUT2D eigenvalue weighted by Crippen LogP contribution is -2.28. The van der Waals surface area contributed by atoms with Crippen LogP contribution in [0.2, 0.25) is 5.02 Å². The normalized spacial score (nSPS) is 10.4. The van der Waals surface area contributed by atoms with Gasteiger partial charge in [-0.25, -0.2) is 9.18 Å². The molecule has 4 nitrogen and oxygen atoms in total. The summed E-state index contributed by atoms with van der Waals surface area (Å²) in [6, 6.07) is 10.5. The molecule has 120 valence electrons. The predicted octanol–water partition coefficient (Wildman–Crippen LogP) is 3.38. The van der Waals surface area contributed by atoms with Crippen molar-refractivity contribution in [3.05, 3.63) is 70.0 Å². The molecule has 0 spiro atoms. The average molecular weight is 336 g/mol. The molecule has 2 aromatic carbocycles. The Morgan fingerprint density at radius 1 is 1.22 bits per heavy atom. The number of likely N-dealkylation sites (N-methyl/N-ethyl adjacent to an activating group) is 1. The van der Waals surface area contributed by atoms with Gasteiger partial charge in [0.05, 0.1) is 12.0 Å². The number of nitrogens with zero attached hydrogens (tertiary/aromatic N) is 1. The molecule has 0 aliphatic heterocycles. The van der Waals surface area contributed by atoms with Crippen molar-refractivity contribution in [1.82, 2.24) is 4.90 Å². The molecule has 0 radical (unpaired) electrons. The number of carboxylic acid groups (broad SMARTS) is 1. The van der Waals surface area contributed by atoms with Crippen LogP contribution in [0.4, 0.5) is 4.39 Å². The van der Waals surface area contributed by atoms with Crippen molar-refractivity contribution in [3.8, 4) is 0 Å². The van der Waals surface area contributed by atoms with E-state index in [1.807, 2.05) is 0 Å². The lowest BCUT2D eigenvalue weighted by atomic mass is 10.1. The fourth-order valence-corrected chi connectivity index (χ4v) is 2.36. The van der Waals surface area contributed by atoms with Gasteiger partial charge in [0.15, 0.2) is 0 Å². The molecule has 2 rings (SSSR count). The lowest BCUT2D eigenvalue weighted by Gasteiger charge is -2.18. The number of hydrogen-bond acceptors (Lipinski definition) is 2. The monoisotopic (exact) mass is 335 g/mol. The highest BCUT2D eigenvalue weighted by Crippen LogP contribution is 2.20. The molecule has 0 unspecified atom stereocenters. The molecule has 0 bridgehead atoms. The Labute approximate surface area is 138 Å². The van der Waals surface area contributed by atoms with Crippen LogP contribution < -0.4 is 0 Å². The van der Waals surface area contributed by atoms with Gasteiger partial charge in [-0.3, -0.25) is 4.79 Å². The van der Waals surface area contributed by atoms with Crippen molar-refractivity contribution in [2.24, 2.45) is 0 Å². The molecule has 0 aliphatic rings. The maximum absolute atomic E-state index is 13.8. The fraction of sp³-hybridized carbons (Fsp3) is 0.176. The number of benzene rings is 2. The van der Waals surface area contributed by atoms with E-state index in [0.717, 1.165) is 0 Å². The van der Waals surface area contributed by atoms with E-state index < -0.39 is 11.8 Å². The van der Waals surface area contributed by atoms with Crippen LogP contribution in [-0.2, 0) is 17.8 Å². The van der Waals surface area contributed by atoms with E-state index in [2.05, 4.69) is 0 Å². The third-order valence-electron chi connectivity index (χ3n) is 3.41. The Kier molecular flexibility index (Phi) is 5.34. The van der Waals surface area contributed by atoms with Crippen LogP contribution in [0.5, 0.6) is 0 Å². The second-order valence-electron chi connectivity index (χ2n) is 5.13. The average Bonchev–Trinajstić information content (AvgIpc) is 2.51. The van der Waals surface area contributed by atoms with Gasteiger partial charge in [-0.15, -0.1) is 0 Å². The van der Waals surface area contributed by atoms with Crippen LogP contribution >= 0.6 is 11.6 Å². The third kappa shape index (κ3) is 4.29. The molecule has 0 aliphatic carbocycles. The largest absolute Gasteiger partial charge is 0.478 e. The number of aromatic carboxylic acids is 1. The number of amides is 1. The van der Waals surface area contributed by atoms with Gasteiger partial charge in [0.2, 0.25) is 5.91 Å². The minimum atomic E-state index is -1.05. The molecular formula is C17H15ClFNO3. The second kappa shape index (κ2) is 7.24. The zero-order valence-corrected chi connectivity index (χ0v) is 13.2. The van der Waals surface area contributed by atoms with E-state index in [1.54, 1.807) is 25.2 Å². The van der Waals surface area contributed by atoms with Crippen molar-refractivity contribution in [1.29, 1.82) is 0 Å². The number of halogens is 2. The summed E-state index contributed by atoms with van der Waals surface area (Å²) in [4.78, 5) is 24.5. The Balaban J connectivity index is 2.08. The molecule has 0 atom stereocenters. The summed E-state index contributed by atoms with van der Waals surface area (Å²) in [6.07, 6.45) is 0.0314. The van der Waals surface area contributed by atoms with Gasteiger partial charge in [0.25, 0.3) is 0 Å². The Morgan fingerprint density at radius 2 is 1.91 bits per heavy atom. The van der Waals surface area contributed by atoms with Crippen molar-refractivity contribution >= 4 is 23.5 Å². The first kappa shape index (κ1) is 17.0. The van der Waals surface area contributed by atoms with Crippen molar-refractivity contribution < 1.29 is 19.1 Å². The summed E-state index contributed by atoms with van der Waals surface area (Å²) in [5.74, 6) is -1.78. The van der Waals surface area contributed by atoms with Crippen LogP contribution in [0.1, 0.15) is 21.5 Å². The highest BCUT2D eigenvalue weighted by molar-refractivity contribution is 6.31. The molecule has 0 saturated carbocycles. The second-order valence-corrected chi connectivity index (χ2v) is 5.54. The predicted molar refractivity (Wildman–Crippen MR) is 85.0 cm³/mol. The van der Waals surface area contributed by atoms with E-state index in [0.29, 0.717) is 5.56 Å². The SMILES string of the molecule is CN(Cc1c(F)cccc1Cl)C(=O)Cc1cccc(C(=O)O)c1. The van der Waals surface area contributed by atoms with Crippen LogP contribution in [0.15, 0.2) is 42.5 Å². The van der Waals surface area contributed by atoms with E-state index >= 15 is 0 Å². The zero-order valence-electron chi connectivity index (χ0n) is 12.4. The molecule has 1 amide bonds. The van der Waals surface area contributed by atoms with Gasteiger partial charge in [-0.05, 0) is 29.8 Å². The summed E-state index contributed by atoms with van der Waals surface area (Å²) in [7, 11) is 1.55. The fourth-order valence-electron chi connectivity index (χ4n) is 2.13. The number of carbonyl (C=O) groups excluding carboxylic acids is 1. The third-order valence-corrected chi connectivity index (χ3v) is 3.77. The smallest absolute Gasteiger partial charge is 0.335 e. The number of carbonyl (C=O) groups is 2. The van der Waals surface area contributed by atoms with Crippen LogP contribution in [0.25, 0.3) is 0 Å². The van der Waals surface area contributed by atoms with E-state index in [-0.39, 0.29) is 35.0 Å².